The number of oxime groups is 1. The molecule has 1 atom stereocenters. The summed E-state index contributed by atoms with van der Waals surface area (Å²) in [6, 6.07) is 16.7. The number of rotatable bonds is 6. The van der Waals surface area contributed by atoms with E-state index in [0.29, 0.717) is 12.6 Å². The summed E-state index contributed by atoms with van der Waals surface area (Å²) in [5.74, 6) is 0. The second-order valence-corrected chi connectivity index (χ2v) is 6.04. The van der Waals surface area contributed by atoms with Crippen molar-refractivity contribution in [2.45, 2.75) is 26.0 Å². The van der Waals surface area contributed by atoms with E-state index < -0.39 is 6.10 Å². The van der Waals surface area contributed by atoms with Crippen LogP contribution in [0.15, 0.2) is 53.7 Å². The van der Waals surface area contributed by atoms with Gasteiger partial charge in [-0.05, 0) is 11.1 Å². The Kier molecular flexibility index (Phi) is 4.74. The molecule has 0 radical (unpaired) electrons. The molecule has 3 rings (SSSR count). The first-order chi connectivity index (χ1) is 11.2. The molecule has 0 aromatic heterocycles. The SMILES string of the molecule is CC(C)NC[C@H](O)CON=C1c2ccccc2-c2ccccc21. The van der Waals surface area contributed by atoms with Crippen LogP contribution < -0.4 is 5.32 Å². The van der Waals surface area contributed by atoms with Crippen LogP contribution in [0.2, 0.25) is 0 Å². The normalized spacial score (nSPS) is 13.7. The summed E-state index contributed by atoms with van der Waals surface area (Å²) in [6.45, 7) is 4.75. The molecule has 0 amide bonds. The van der Waals surface area contributed by atoms with Gasteiger partial charge in [0.15, 0.2) is 0 Å². The zero-order chi connectivity index (χ0) is 16.2. The van der Waals surface area contributed by atoms with E-state index in [1.165, 1.54) is 11.1 Å². The van der Waals surface area contributed by atoms with Crippen molar-refractivity contribution in [1.29, 1.82) is 0 Å². The highest BCUT2D eigenvalue weighted by molar-refractivity contribution is 6.24. The van der Waals surface area contributed by atoms with Gasteiger partial charge in [-0.1, -0.05) is 67.5 Å². The summed E-state index contributed by atoms with van der Waals surface area (Å²) in [4.78, 5) is 5.42. The molecule has 0 aliphatic heterocycles. The van der Waals surface area contributed by atoms with Gasteiger partial charge < -0.3 is 15.3 Å². The van der Waals surface area contributed by atoms with Crippen LogP contribution in [0, 0.1) is 0 Å². The Labute approximate surface area is 136 Å². The largest absolute Gasteiger partial charge is 0.392 e. The molecule has 23 heavy (non-hydrogen) atoms. The van der Waals surface area contributed by atoms with Gasteiger partial charge in [-0.25, -0.2) is 0 Å². The zero-order valence-electron chi connectivity index (χ0n) is 13.5. The first kappa shape index (κ1) is 15.7. The Morgan fingerprint density at radius 2 is 1.48 bits per heavy atom. The predicted molar refractivity (Wildman–Crippen MR) is 92.6 cm³/mol. The number of benzene rings is 2. The summed E-state index contributed by atoms with van der Waals surface area (Å²) in [7, 11) is 0. The minimum atomic E-state index is -0.575. The van der Waals surface area contributed by atoms with Crippen LogP contribution in [0.5, 0.6) is 0 Å². The highest BCUT2D eigenvalue weighted by Crippen LogP contribution is 2.36. The molecule has 0 heterocycles. The average molecular weight is 310 g/mol. The summed E-state index contributed by atoms with van der Waals surface area (Å²) >= 11 is 0. The minimum absolute atomic E-state index is 0.174. The summed E-state index contributed by atoms with van der Waals surface area (Å²) < 4.78 is 0. The van der Waals surface area contributed by atoms with Crippen LogP contribution in [0.3, 0.4) is 0 Å². The van der Waals surface area contributed by atoms with Crippen LogP contribution in [0.1, 0.15) is 25.0 Å². The fourth-order valence-corrected chi connectivity index (χ4v) is 2.71. The maximum absolute atomic E-state index is 9.91. The smallest absolute Gasteiger partial charge is 0.144 e. The molecule has 2 N–H and O–H groups in total. The number of aliphatic hydroxyl groups excluding tert-OH is 1. The fourth-order valence-electron chi connectivity index (χ4n) is 2.71. The van der Waals surface area contributed by atoms with Gasteiger partial charge in [0, 0.05) is 23.7 Å². The number of nitrogens with zero attached hydrogens (tertiary/aromatic N) is 1. The van der Waals surface area contributed by atoms with Crippen molar-refractivity contribution in [3.05, 3.63) is 59.7 Å². The number of hydrogen-bond acceptors (Lipinski definition) is 4. The van der Waals surface area contributed by atoms with Crippen molar-refractivity contribution < 1.29 is 9.94 Å². The van der Waals surface area contributed by atoms with Crippen LogP contribution in [-0.4, -0.2) is 36.1 Å². The van der Waals surface area contributed by atoms with Crippen molar-refractivity contribution in [3.8, 4) is 11.1 Å². The van der Waals surface area contributed by atoms with E-state index in [2.05, 4.69) is 22.6 Å². The topological polar surface area (TPSA) is 53.8 Å². The van der Waals surface area contributed by atoms with Crippen LogP contribution >= 0.6 is 0 Å². The zero-order valence-corrected chi connectivity index (χ0v) is 13.5. The highest BCUT2D eigenvalue weighted by Gasteiger charge is 2.24. The van der Waals surface area contributed by atoms with E-state index in [4.69, 9.17) is 4.84 Å². The first-order valence-corrected chi connectivity index (χ1v) is 7.97. The molecule has 1 aliphatic carbocycles. The van der Waals surface area contributed by atoms with Crippen molar-refractivity contribution >= 4 is 5.71 Å². The maximum atomic E-state index is 9.91. The third-order valence-electron chi connectivity index (χ3n) is 3.84. The van der Waals surface area contributed by atoms with Gasteiger partial charge in [0.2, 0.25) is 0 Å². The van der Waals surface area contributed by atoms with Crippen molar-refractivity contribution in [2.24, 2.45) is 5.16 Å². The van der Waals surface area contributed by atoms with E-state index in [0.717, 1.165) is 16.8 Å². The third-order valence-corrected chi connectivity index (χ3v) is 3.84. The number of fused-ring (bicyclic) bond motifs is 3. The molecule has 0 saturated carbocycles. The first-order valence-electron chi connectivity index (χ1n) is 7.97. The van der Waals surface area contributed by atoms with Crippen LogP contribution in [-0.2, 0) is 4.84 Å². The van der Waals surface area contributed by atoms with Gasteiger partial charge in [0.25, 0.3) is 0 Å². The minimum Gasteiger partial charge on any atom is -0.392 e. The molecular weight excluding hydrogens is 288 g/mol. The monoisotopic (exact) mass is 310 g/mol. The average Bonchev–Trinajstić information content (AvgIpc) is 2.88. The molecule has 1 aliphatic rings. The lowest BCUT2D eigenvalue weighted by atomic mass is 10.1. The summed E-state index contributed by atoms with van der Waals surface area (Å²) in [5.41, 5.74) is 5.33. The Hall–Kier alpha value is -2.17. The maximum Gasteiger partial charge on any atom is 0.144 e. The lowest BCUT2D eigenvalue weighted by Gasteiger charge is -2.13. The van der Waals surface area contributed by atoms with Crippen LogP contribution in [0.4, 0.5) is 0 Å². The number of aliphatic hydroxyl groups is 1. The molecule has 4 nitrogen and oxygen atoms in total. The molecule has 2 aromatic carbocycles. The van der Waals surface area contributed by atoms with Gasteiger partial charge >= 0.3 is 0 Å². The van der Waals surface area contributed by atoms with Crippen molar-refractivity contribution in [1.82, 2.24) is 5.32 Å². The summed E-state index contributed by atoms with van der Waals surface area (Å²) in [6.07, 6.45) is -0.575. The second kappa shape index (κ2) is 6.94. The van der Waals surface area contributed by atoms with Crippen molar-refractivity contribution in [2.75, 3.05) is 13.2 Å². The second-order valence-electron chi connectivity index (χ2n) is 6.04. The van der Waals surface area contributed by atoms with Gasteiger partial charge in [0.05, 0.1) is 0 Å². The van der Waals surface area contributed by atoms with Crippen molar-refractivity contribution in [3.63, 3.8) is 0 Å². The molecule has 120 valence electrons. The molecular formula is C19H22N2O2. The molecule has 0 saturated heterocycles. The van der Waals surface area contributed by atoms with E-state index in [1.807, 2.05) is 50.2 Å². The highest BCUT2D eigenvalue weighted by atomic mass is 16.6. The Morgan fingerprint density at radius 3 is 2.00 bits per heavy atom. The van der Waals surface area contributed by atoms with Gasteiger partial charge in [-0.15, -0.1) is 0 Å². The lowest BCUT2D eigenvalue weighted by Crippen LogP contribution is -2.34. The van der Waals surface area contributed by atoms with E-state index >= 15 is 0 Å². The Bertz CT molecular complexity index is 663. The molecule has 2 aromatic rings. The third kappa shape index (κ3) is 3.44. The Balaban J connectivity index is 1.75. The molecule has 4 heteroatoms. The molecule has 0 bridgehead atoms. The van der Waals surface area contributed by atoms with Crippen LogP contribution in [0.25, 0.3) is 11.1 Å². The predicted octanol–water partition coefficient (Wildman–Crippen LogP) is 2.79. The molecule has 0 spiro atoms. The molecule has 0 fully saturated rings. The quantitative estimate of drug-likeness (QED) is 0.688. The fraction of sp³-hybridized carbons (Fsp3) is 0.316. The van der Waals surface area contributed by atoms with Gasteiger partial charge in [-0.2, -0.15) is 0 Å². The van der Waals surface area contributed by atoms with Gasteiger partial charge in [0.1, 0.15) is 18.4 Å². The summed E-state index contributed by atoms with van der Waals surface area (Å²) in [5, 5.41) is 17.4. The molecule has 0 unspecified atom stereocenters. The number of nitrogens with one attached hydrogen (secondary N) is 1. The van der Waals surface area contributed by atoms with E-state index in [1.54, 1.807) is 0 Å². The lowest BCUT2D eigenvalue weighted by molar-refractivity contribution is 0.0396. The van der Waals surface area contributed by atoms with E-state index in [9.17, 15) is 5.11 Å². The standard InChI is InChI=1S/C19H22N2O2/c1-13(2)20-11-14(22)12-23-21-19-17-9-5-3-7-15(17)16-8-4-6-10-18(16)19/h3-10,13-14,20,22H,11-12H2,1-2H3/t14-/m0/s1. The van der Waals surface area contributed by atoms with E-state index in [-0.39, 0.29) is 6.61 Å². The Morgan fingerprint density at radius 1 is 0.957 bits per heavy atom. The van der Waals surface area contributed by atoms with Gasteiger partial charge in [-0.3, -0.25) is 0 Å². The number of hydrogen-bond donors (Lipinski definition) is 2.